The second kappa shape index (κ2) is 18.0. The number of methoxy groups -OCH3 is 2. The summed E-state index contributed by atoms with van der Waals surface area (Å²) >= 11 is 0. The predicted octanol–water partition coefficient (Wildman–Crippen LogP) is 4.37. The van der Waals surface area contributed by atoms with Crippen molar-refractivity contribution in [1.29, 1.82) is 0 Å². The summed E-state index contributed by atoms with van der Waals surface area (Å²) in [4.78, 5) is 23.6. The number of phenols is 6. The predicted molar refractivity (Wildman–Crippen MR) is 180 cm³/mol. The molecule has 0 spiro atoms. The molecule has 0 aliphatic carbocycles. The van der Waals surface area contributed by atoms with Crippen LogP contribution >= 0.6 is 0 Å². The molecule has 0 unspecified atom stereocenters. The van der Waals surface area contributed by atoms with Crippen LogP contribution < -0.4 is 20.1 Å². The Balaban J connectivity index is 0.000000260. The smallest absolute Gasteiger partial charge is 0.244 e. The fourth-order valence-electron chi connectivity index (χ4n) is 4.17. The summed E-state index contributed by atoms with van der Waals surface area (Å²) in [6.45, 7) is 0.790. The molecule has 4 aromatic carbocycles. The van der Waals surface area contributed by atoms with Crippen LogP contribution in [-0.4, -0.2) is 69.8 Å². The Hall–Kier alpha value is -6.30. The van der Waals surface area contributed by atoms with E-state index in [0.717, 1.165) is 22.3 Å². The molecule has 0 saturated carbocycles. The van der Waals surface area contributed by atoms with Gasteiger partial charge in [-0.25, -0.2) is 0 Å². The highest BCUT2D eigenvalue weighted by molar-refractivity contribution is 5.92. The SMILES string of the molecule is COc1cc(/C=C\C(=O)NCCc2ccc(O)c(O)c2)ccc1O.COc1cc(/C=C\C(=O)NCCc2ccc(O)c(O)c2)ccc1O. The second-order valence-corrected chi connectivity index (χ2v) is 10.3. The first kappa shape index (κ1) is 36.2. The van der Waals surface area contributed by atoms with Crippen molar-refractivity contribution in [2.75, 3.05) is 27.3 Å². The van der Waals surface area contributed by atoms with Crippen LogP contribution in [0.2, 0.25) is 0 Å². The molecule has 8 N–H and O–H groups in total. The molecule has 0 atom stereocenters. The molecule has 4 rings (SSSR count). The number of nitrogens with one attached hydrogen (secondary N) is 2. The summed E-state index contributed by atoms with van der Waals surface area (Å²) in [6, 6.07) is 18.7. The largest absolute Gasteiger partial charge is 0.504 e. The number of aromatic hydroxyl groups is 6. The van der Waals surface area contributed by atoms with Crippen molar-refractivity contribution in [2.45, 2.75) is 12.8 Å². The van der Waals surface area contributed by atoms with Crippen LogP contribution in [-0.2, 0) is 22.4 Å². The lowest BCUT2D eigenvalue weighted by Gasteiger charge is -2.05. The van der Waals surface area contributed by atoms with Gasteiger partial charge in [0.2, 0.25) is 11.8 Å². The zero-order valence-electron chi connectivity index (χ0n) is 26.4. The van der Waals surface area contributed by atoms with Crippen molar-refractivity contribution >= 4 is 24.0 Å². The van der Waals surface area contributed by atoms with Crippen LogP contribution in [0.1, 0.15) is 22.3 Å². The van der Waals surface area contributed by atoms with Gasteiger partial charge in [-0.2, -0.15) is 0 Å². The lowest BCUT2D eigenvalue weighted by molar-refractivity contribution is -0.117. The van der Waals surface area contributed by atoms with E-state index < -0.39 is 0 Å². The Morgan fingerprint density at radius 3 is 1.27 bits per heavy atom. The summed E-state index contributed by atoms with van der Waals surface area (Å²) in [6.07, 6.45) is 7.06. The van der Waals surface area contributed by atoms with Crippen LogP contribution in [0.5, 0.6) is 46.0 Å². The van der Waals surface area contributed by atoms with Crippen molar-refractivity contribution in [3.05, 3.63) is 107 Å². The molecule has 0 heterocycles. The van der Waals surface area contributed by atoms with Crippen molar-refractivity contribution in [3.63, 3.8) is 0 Å². The van der Waals surface area contributed by atoms with E-state index in [0.29, 0.717) is 37.4 Å². The lowest BCUT2D eigenvalue weighted by atomic mass is 10.1. The molecule has 252 valence electrons. The van der Waals surface area contributed by atoms with Crippen molar-refractivity contribution in [2.24, 2.45) is 0 Å². The van der Waals surface area contributed by atoms with Crippen molar-refractivity contribution in [1.82, 2.24) is 10.6 Å². The number of hydrogen-bond donors (Lipinski definition) is 8. The molecular weight excluding hydrogens is 620 g/mol. The zero-order valence-corrected chi connectivity index (χ0v) is 26.4. The minimum atomic E-state index is -0.259. The van der Waals surface area contributed by atoms with E-state index in [-0.39, 0.29) is 46.3 Å². The number of carbonyl (C=O) groups excluding carboxylic acids is 2. The molecule has 0 fully saturated rings. The quantitative estimate of drug-likeness (QED) is 0.0799. The average Bonchev–Trinajstić information content (AvgIpc) is 3.07. The molecule has 4 aromatic rings. The Morgan fingerprint density at radius 2 is 0.917 bits per heavy atom. The van der Waals surface area contributed by atoms with Crippen LogP contribution in [0.15, 0.2) is 84.9 Å². The minimum absolute atomic E-state index is 0.0382. The zero-order chi connectivity index (χ0) is 35.1. The second-order valence-electron chi connectivity index (χ2n) is 10.3. The first-order valence-electron chi connectivity index (χ1n) is 14.7. The average molecular weight is 659 g/mol. The highest BCUT2D eigenvalue weighted by Gasteiger charge is 2.05. The molecule has 0 bridgehead atoms. The van der Waals surface area contributed by atoms with Gasteiger partial charge in [-0.3, -0.25) is 9.59 Å². The number of rotatable bonds is 12. The van der Waals surface area contributed by atoms with Crippen LogP contribution in [0, 0.1) is 0 Å². The summed E-state index contributed by atoms with van der Waals surface area (Å²) in [5, 5.41) is 61.8. The van der Waals surface area contributed by atoms with E-state index in [1.807, 2.05) is 0 Å². The van der Waals surface area contributed by atoms with E-state index in [2.05, 4.69) is 10.6 Å². The maximum Gasteiger partial charge on any atom is 0.244 e. The number of ether oxygens (including phenoxy) is 2. The third kappa shape index (κ3) is 11.6. The maximum absolute atomic E-state index is 11.8. The molecule has 12 heteroatoms. The number of amides is 2. The lowest BCUT2D eigenvalue weighted by Crippen LogP contribution is -2.23. The third-order valence-corrected chi connectivity index (χ3v) is 6.77. The summed E-state index contributed by atoms with van der Waals surface area (Å²) < 4.78 is 10.0. The van der Waals surface area contributed by atoms with Gasteiger partial charge in [0.05, 0.1) is 14.2 Å². The van der Waals surface area contributed by atoms with Gasteiger partial charge in [0, 0.05) is 25.2 Å². The summed E-state index contributed by atoms with van der Waals surface area (Å²) in [5.74, 6) is -0.470. The van der Waals surface area contributed by atoms with E-state index in [9.17, 15) is 40.2 Å². The molecule has 0 saturated heterocycles. The van der Waals surface area contributed by atoms with Gasteiger partial charge in [0.1, 0.15) is 0 Å². The van der Waals surface area contributed by atoms with Gasteiger partial charge in [0.15, 0.2) is 46.0 Å². The molecule has 0 radical (unpaired) electrons. The molecule has 2 amide bonds. The van der Waals surface area contributed by atoms with Crippen LogP contribution in [0.25, 0.3) is 12.2 Å². The molecule has 12 nitrogen and oxygen atoms in total. The maximum atomic E-state index is 11.8. The monoisotopic (exact) mass is 658 g/mol. The minimum Gasteiger partial charge on any atom is -0.504 e. The van der Waals surface area contributed by atoms with Gasteiger partial charge >= 0.3 is 0 Å². The normalized spacial score (nSPS) is 10.7. The molecule has 0 aromatic heterocycles. The molecule has 48 heavy (non-hydrogen) atoms. The first-order valence-corrected chi connectivity index (χ1v) is 14.7. The Bertz CT molecular complexity index is 1640. The first-order chi connectivity index (χ1) is 23.0. The fraction of sp³-hybridized carbons (Fsp3) is 0.167. The van der Waals surface area contributed by atoms with Gasteiger partial charge in [-0.1, -0.05) is 24.3 Å². The van der Waals surface area contributed by atoms with Crippen molar-refractivity contribution < 1.29 is 49.7 Å². The number of hydrogen-bond acceptors (Lipinski definition) is 10. The standard InChI is InChI=1S/2C18H19NO5/c2*1-24-17-11-12(3-6-15(17)21)4-7-18(23)19-9-8-13-2-5-14(20)16(22)10-13/h2*2-7,10-11,20-22H,8-9H2,1H3,(H,19,23)/b2*7-4-. The molecule has 0 aliphatic rings. The van der Waals surface area contributed by atoms with Crippen molar-refractivity contribution in [3.8, 4) is 46.0 Å². The van der Waals surface area contributed by atoms with E-state index >= 15 is 0 Å². The molecular formula is C36H38N2O10. The van der Waals surface area contributed by atoms with E-state index in [1.165, 1.54) is 62.8 Å². The van der Waals surface area contributed by atoms with Gasteiger partial charge < -0.3 is 50.7 Å². The highest BCUT2D eigenvalue weighted by Crippen LogP contribution is 2.28. The van der Waals surface area contributed by atoms with E-state index in [1.54, 1.807) is 48.6 Å². The van der Waals surface area contributed by atoms with Gasteiger partial charge in [0.25, 0.3) is 0 Å². The Labute approximate surface area is 277 Å². The number of benzene rings is 4. The topological polar surface area (TPSA) is 198 Å². The van der Waals surface area contributed by atoms with Crippen LogP contribution in [0.3, 0.4) is 0 Å². The summed E-state index contributed by atoms with van der Waals surface area (Å²) in [5.41, 5.74) is 3.06. The Morgan fingerprint density at radius 1 is 0.542 bits per heavy atom. The van der Waals surface area contributed by atoms with E-state index in [4.69, 9.17) is 9.47 Å². The highest BCUT2D eigenvalue weighted by atomic mass is 16.5. The number of phenolic OH excluding ortho intramolecular Hbond substituents is 6. The van der Waals surface area contributed by atoms with Gasteiger partial charge in [-0.15, -0.1) is 0 Å². The fourth-order valence-corrected chi connectivity index (χ4v) is 4.17. The Kier molecular flexibility index (Phi) is 13.6. The number of carbonyl (C=O) groups is 2. The van der Waals surface area contributed by atoms with Gasteiger partial charge in [-0.05, 0) is 95.8 Å². The third-order valence-electron chi connectivity index (χ3n) is 6.77. The van der Waals surface area contributed by atoms with Crippen LogP contribution in [0.4, 0.5) is 0 Å². The molecule has 0 aliphatic heterocycles. The summed E-state index contributed by atoms with van der Waals surface area (Å²) in [7, 11) is 2.91.